The van der Waals surface area contributed by atoms with Gasteiger partial charge < -0.3 is 10.4 Å². The van der Waals surface area contributed by atoms with Gasteiger partial charge in [-0.05, 0) is 12.5 Å². The molecular formula is C11H11F3N2O5S2. The number of aliphatic carboxylic acids is 1. The first-order valence-electron chi connectivity index (χ1n) is 6.16. The summed E-state index contributed by atoms with van der Waals surface area (Å²) in [6, 6.07) is -1.12. The van der Waals surface area contributed by atoms with Gasteiger partial charge >= 0.3 is 11.5 Å². The Bertz CT molecular complexity index is 634. The number of amides is 2. The van der Waals surface area contributed by atoms with Crippen molar-refractivity contribution in [2.45, 2.75) is 23.8 Å². The maximum atomic E-state index is 12.1. The van der Waals surface area contributed by atoms with Gasteiger partial charge in [-0.2, -0.15) is 13.2 Å². The van der Waals surface area contributed by atoms with Crippen molar-refractivity contribution in [1.29, 1.82) is 0 Å². The topological polar surface area (TPSA) is 104 Å². The lowest BCUT2D eigenvalue weighted by Gasteiger charge is -2.49. The van der Waals surface area contributed by atoms with E-state index in [0.29, 0.717) is 11.3 Å². The standard InChI is InChI=1S/C11H11F3N2O5S2/c1-4-2-22-9-6(8(18)16(9)7(4)10(19)20)15-5(17)3-23(21)11(12,13)14/h6,9H,2-3H2,1H3,(H,15,17)(H,19,20)/t6?,9-,23?/m1/s1. The predicted molar refractivity (Wildman–Crippen MR) is 74.4 cm³/mol. The van der Waals surface area contributed by atoms with Crippen molar-refractivity contribution in [2.24, 2.45) is 0 Å². The third-order valence-electron chi connectivity index (χ3n) is 3.20. The van der Waals surface area contributed by atoms with Crippen molar-refractivity contribution in [3.63, 3.8) is 0 Å². The average Bonchev–Trinajstić information content (AvgIpc) is 2.43. The number of nitrogens with zero attached hydrogens (tertiary/aromatic N) is 1. The van der Waals surface area contributed by atoms with Crippen LogP contribution in [0.4, 0.5) is 13.2 Å². The summed E-state index contributed by atoms with van der Waals surface area (Å²) in [6.07, 6.45) is 0. The Balaban J connectivity index is 2.03. The molecule has 128 valence electrons. The van der Waals surface area contributed by atoms with Crippen LogP contribution in [0.25, 0.3) is 0 Å². The van der Waals surface area contributed by atoms with E-state index in [2.05, 4.69) is 5.32 Å². The van der Waals surface area contributed by atoms with Crippen LogP contribution in [-0.2, 0) is 25.2 Å². The largest absolute Gasteiger partial charge is 0.477 e. The highest BCUT2D eigenvalue weighted by atomic mass is 32.2. The predicted octanol–water partition coefficient (Wildman–Crippen LogP) is 0.0134. The van der Waals surface area contributed by atoms with Crippen molar-refractivity contribution in [2.75, 3.05) is 11.5 Å². The Morgan fingerprint density at radius 2 is 2.09 bits per heavy atom. The summed E-state index contributed by atoms with van der Waals surface area (Å²) in [5.41, 5.74) is -4.71. The van der Waals surface area contributed by atoms with Gasteiger partial charge in [0.1, 0.15) is 33.7 Å². The Morgan fingerprint density at radius 3 is 2.61 bits per heavy atom. The number of rotatable bonds is 4. The lowest BCUT2D eigenvalue weighted by Crippen LogP contribution is -2.70. The highest BCUT2D eigenvalue weighted by Gasteiger charge is 2.54. The Morgan fingerprint density at radius 1 is 1.48 bits per heavy atom. The minimum atomic E-state index is -5.01. The van der Waals surface area contributed by atoms with E-state index in [0.717, 1.165) is 4.90 Å². The molecule has 1 saturated heterocycles. The summed E-state index contributed by atoms with van der Waals surface area (Å²) in [6.45, 7) is 1.55. The molecule has 23 heavy (non-hydrogen) atoms. The number of carboxylic acids is 1. The Kier molecular flexibility index (Phi) is 4.76. The molecule has 0 aromatic carbocycles. The monoisotopic (exact) mass is 372 g/mol. The normalized spacial score (nSPS) is 25.6. The van der Waals surface area contributed by atoms with E-state index < -0.39 is 51.3 Å². The molecule has 0 bridgehead atoms. The van der Waals surface area contributed by atoms with Crippen molar-refractivity contribution in [1.82, 2.24) is 10.2 Å². The van der Waals surface area contributed by atoms with Crippen molar-refractivity contribution in [3.05, 3.63) is 11.3 Å². The van der Waals surface area contributed by atoms with Crippen LogP contribution in [-0.4, -0.2) is 60.4 Å². The van der Waals surface area contributed by atoms with Gasteiger partial charge in [0, 0.05) is 5.75 Å². The second kappa shape index (κ2) is 6.15. The maximum Gasteiger partial charge on any atom is 0.471 e. The lowest BCUT2D eigenvalue weighted by atomic mass is 10.0. The van der Waals surface area contributed by atoms with Crippen molar-refractivity contribution < 1.29 is 36.9 Å². The molecule has 0 spiro atoms. The molecule has 2 aliphatic heterocycles. The first-order valence-corrected chi connectivity index (χ1v) is 8.53. The number of carbonyl (C=O) groups excluding carboxylic acids is 2. The fourth-order valence-corrected chi connectivity index (χ4v) is 3.97. The number of carboxylic acid groups (broad SMARTS) is 1. The molecule has 7 nitrogen and oxygen atoms in total. The molecule has 2 aliphatic rings. The molecular weight excluding hydrogens is 361 g/mol. The van der Waals surface area contributed by atoms with E-state index in [1.165, 1.54) is 11.8 Å². The van der Waals surface area contributed by atoms with Crippen molar-refractivity contribution in [3.8, 4) is 0 Å². The molecule has 12 heteroatoms. The van der Waals surface area contributed by atoms with Crippen LogP contribution >= 0.6 is 11.8 Å². The van der Waals surface area contributed by atoms with Crippen LogP contribution < -0.4 is 5.32 Å². The molecule has 2 N–H and O–H groups in total. The number of nitrogens with one attached hydrogen (secondary N) is 1. The fourth-order valence-electron chi connectivity index (χ4n) is 2.19. The van der Waals surface area contributed by atoms with E-state index in [1.54, 1.807) is 6.92 Å². The minimum absolute atomic E-state index is 0.178. The van der Waals surface area contributed by atoms with Gasteiger partial charge in [-0.3, -0.25) is 14.5 Å². The zero-order valence-electron chi connectivity index (χ0n) is 11.5. The van der Waals surface area contributed by atoms with Crippen LogP contribution in [0.15, 0.2) is 11.3 Å². The lowest BCUT2D eigenvalue weighted by molar-refractivity contribution is -0.150. The molecule has 0 aliphatic carbocycles. The summed E-state index contributed by atoms with van der Waals surface area (Å²) < 4.78 is 47.3. The number of carbonyl (C=O) groups is 3. The molecule has 2 amide bonds. The van der Waals surface area contributed by atoms with Crippen LogP contribution in [0, 0.1) is 0 Å². The summed E-state index contributed by atoms with van der Waals surface area (Å²) >= 11 is 1.19. The maximum absolute atomic E-state index is 12.1. The molecule has 2 rings (SSSR count). The third kappa shape index (κ3) is 3.37. The van der Waals surface area contributed by atoms with Crippen LogP contribution in [0.1, 0.15) is 6.92 Å². The minimum Gasteiger partial charge on any atom is -0.477 e. The van der Waals surface area contributed by atoms with E-state index in [-0.39, 0.29) is 5.70 Å². The van der Waals surface area contributed by atoms with Crippen LogP contribution in [0.3, 0.4) is 0 Å². The number of hydrogen-bond acceptors (Lipinski definition) is 5. The second-order valence-corrected chi connectivity index (χ2v) is 7.37. The van der Waals surface area contributed by atoms with Gasteiger partial charge in [-0.15, -0.1) is 11.8 Å². The summed E-state index contributed by atoms with van der Waals surface area (Å²) in [5.74, 6) is -4.17. The van der Waals surface area contributed by atoms with E-state index in [4.69, 9.17) is 5.11 Å². The van der Waals surface area contributed by atoms with Gasteiger partial charge in [0.15, 0.2) is 0 Å². The smallest absolute Gasteiger partial charge is 0.471 e. The van der Waals surface area contributed by atoms with Gasteiger partial charge in [0.05, 0.1) is 0 Å². The molecule has 1 fully saturated rings. The quantitative estimate of drug-likeness (QED) is 0.674. The summed E-state index contributed by atoms with van der Waals surface area (Å²) in [5, 5.41) is 10.5. The summed E-state index contributed by atoms with van der Waals surface area (Å²) in [4.78, 5) is 35.6. The highest BCUT2D eigenvalue weighted by molar-refractivity contribution is 8.00. The Labute approximate surface area is 134 Å². The first-order chi connectivity index (χ1) is 10.5. The molecule has 2 unspecified atom stereocenters. The van der Waals surface area contributed by atoms with Gasteiger partial charge in [0.2, 0.25) is 5.91 Å². The average molecular weight is 372 g/mol. The van der Waals surface area contributed by atoms with Gasteiger partial charge in [0.25, 0.3) is 5.91 Å². The fraction of sp³-hybridized carbons (Fsp3) is 0.545. The Hall–Kier alpha value is -1.56. The number of alkyl halides is 3. The van der Waals surface area contributed by atoms with Crippen molar-refractivity contribution >= 4 is 40.3 Å². The molecule has 2 heterocycles. The SMILES string of the molecule is CC1=C(C(=O)O)N2C(=O)C(NC(=O)CS(=O)C(F)(F)F)[C@H]2SC1. The number of thioether (sulfide) groups is 1. The highest BCUT2D eigenvalue weighted by Crippen LogP contribution is 2.40. The zero-order valence-corrected chi connectivity index (χ0v) is 13.2. The van der Waals surface area contributed by atoms with E-state index in [1.807, 2.05) is 0 Å². The number of β-lactam (4-membered cyclic amide) rings is 1. The molecule has 0 radical (unpaired) electrons. The number of hydrogen-bond donors (Lipinski definition) is 2. The van der Waals surface area contributed by atoms with Gasteiger partial charge in [-0.25, -0.2) is 9.00 Å². The van der Waals surface area contributed by atoms with Crippen LogP contribution in [0.2, 0.25) is 0 Å². The molecule has 0 aromatic heterocycles. The molecule has 0 aromatic rings. The number of fused-ring (bicyclic) bond motifs is 1. The van der Waals surface area contributed by atoms with E-state index >= 15 is 0 Å². The summed E-state index contributed by atoms with van der Waals surface area (Å²) in [7, 11) is -3.35. The van der Waals surface area contributed by atoms with E-state index in [9.17, 15) is 31.8 Å². The number of halogens is 3. The zero-order chi connectivity index (χ0) is 17.5. The third-order valence-corrected chi connectivity index (χ3v) is 5.66. The second-order valence-electron chi connectivity index (χ2n) is 4.82. The molecule has 0 saturated carbocycles. The molecule has 3 atom stereocenters. The van der Waals surface area contributed by atoms with Gasteiger partial charge in [-0.1, -0.05) is 0 Å². The first kappa shape index (κ1) is 17.8. The van der Waals surface area contributed by atoms with Crippen LogP contribution in [0.5, 0.6) is 0 Å².